The minimum absolute atomic E-state index is 0.177. The number of aryl methyl sites for hydroxylation is 2. The monoisotopic (exact) mass is 456 g/mol. The first kappa shape index (κ1) is 22.9. The molecule has 4 rings (SSSR count). The molecule has 3 aromatic rings. The van der Waals surface area contributed by atoms with E-state index in [-0.39, 0.29) is 30.2 Å². The standard InChI is InChI=1S/C27H24N2O5/c1-17-8-9-18(2)22(16-17)28-26(32)25(19-6-4-3-5-7-19)34-27(33)20-10-12-21(13-11-20)29-23(30)14-15-24(29)31/h3-13,16,25H,14-15H2,1-2H3,(H,28,32). The number of esters is 1. The molecule has 7 nitrogen and oxygen atoms in total. The fourth-order valence-electron chi connectivity index (χ4n) is 3.76. The van der Waals surface area contributed by atoms with Crippen LogP contribution in [0.4, 0.5) is 11.4 Å². The summed E-state index contributed by atoms with van der Waals surface area (Å²) < 4.78 is 5.64. The summed E-state index contributed by atoms with van der Waals surface area (Å²) in [5, 5.41) is 2.86. The van der Waals surface area contributed by atoms with Gasteiger partial charge in [0.1, 0.15) is 0 Å². The minimum atomic E-state index is -1.17. The number of imide groups is 1. The van der Waals surface area contributed by atoms with Crippen LogP contribution >= 0.6 is 0 Å². The third kappa shape index (κ3) is 4.88. The van der Waals surface area contributed by atoms with Gasteiger partial charge in [-0.15, -0.1) is 0 Å². The van der Waals surface area contributed by atoms with E-state index in [9.17, 15) is 19.2 Å². The van der Waals surface area contributed by atoms with Crippen LogP contribution in [-0.4, -0.2) is 23.7 Å². The molecule has 1 aliphatic rings. The Hall–Kier alpha value is -4.26. The molecule has 1 fully saturated rings. The zero-order chi connectivity index (χ0) is 24.2. The van der Waals surface area contributed by atoms with E-state index >= 15 is 0 Å². The summed E-state index contributed by atoms with van der Waals surface area (Å²) in [7, 11) is 0. The second-order valence-corrected chi connectivity index (χ2v) is 8.17. The molecule has 1 atom stereocenters. The Kier molecular flexibility index (Phi) is 6.54. The summed E-state index contributed by atoms with van der Waals surface area (Å²) in [6.45, 7) is 3.81. The normalized spacial score (nSPS) is 14.1. The molecule has 3 amide bonds. The van der Waals surface area contributed by atoms with Crippen LogP contribution in [0.2, 0.25) is 0 Å². The number of ether oxygens (including phenoxy) is 1. The second-order valence-electron chi connectivity index (χ2n) is 8.17. The van der Waals surface area contributed by atoms with Crippen LogP contribution in [-0.2, 0) is 19.1 Å². The van der Waals surface area contributed by atoms with Crippen molar-refractivity contribution in [2.75, 3.05) is 10.2 Å². The van der Waals surface area contributed by atoms with E-state index in [0.29, 0.717) is 16.9 Å². The van der Waals surface area contributed by atoms with Crippen LogP contribution in [0.1, 0.15) is 46.0 Å². The van der Waals surface area contributed by atoms with Crippen LogP contribution in [0, 0.1) is 13.8 Å². The number of amides is 3. The van der Waals surface area contributed by atoms with Crippen LogP contribution in [0.15, 0.2) is 72.8 Å². The van der Waals surface area contributed by atoms with Gasteiger partial charge < -0.3 is 10.1 Å². The predicted molar refractivity (Wildman–Crippen MR) is 127 cm³/mol. The SMILES string of the molecule is Cc1ccc(C)c(NC(=O)C(OC(=O)c2ccc(N3C(=O)CCC3=O)cc2)c2ccccc2)c1. The summed E-state index contributed by atoms with van der Waals surface area (Å²) in [6.07, 6.45) is -0.816. The highest BCUT2D eigenvalue weighted by Gasteiger charge is 2.31. The molecule has 1 heterocycles. The average Bonchev–Trinajstić information content (AvgIpc) is 3.18. The lowest BCUT2D eigenvalue weighted by atomic mass is 10.1. The molecule has 3 aromatic carbocycles. The van der Waals surface area contributed by atoms with Gasteiger partial charge in [-0.1, -0.05) is 42.5 Å². The number of benzene rings is 3. The molecule has 172 valence electrons. The molecule has 1 unspecified atom stereocenters. The van der Waals surface area contributed by atoms with Gasteiger partial charge in [-0.3, -0.25) is 19.3 Å². The number of carbonyl (C=O) groups excluding carboxylic acids is 4. The van der Waals surface area contributed by atoms with Crippen molar-refractivity contribution >= 4 is 35.1 Å². The van der Waals surface area contributed by atoms with Gasteiger partial charge in [0.2, 0.25) is 17.9 Å². The van der Waals surface area contributed by atoms with E-state index in [2.05, 4.69) is 5.32 Å². The molecule has 7 heteroatoms. The second kappa shape index (κ2) is 9.70. The van der Waals surface area contributed by atoms with Gasteiger partial charge in [-0.05, 0) is 55.3 Å². The maximum Gasteiger partial charge on any atom is 0.339 e. The maximum absolute atomic E-state index is 13.2. The molecule has 0 bridgehead atoms. The molecule has 0 spiro atoms. The van der Waals surface area contributed by atoms with Crippen molar-refractivity contribution in [2.24, 2.45) is 0 Å². The fraction of sp³-hybridized carbons (Fsp3) is 0.185. The lowest BCUT2D eigenvalue weighted by Crippen LogP contribution is -2.28. The number of nitrogens with one attached hydrogen (secondary N) is 1. The smallest absolute Gasteiger partial charge is 0.339 e. The van der Waals surface area contributed by atoms with Crippen LogP contribution in [0.3, 0.4) is 0 Å². The first-order chi connectivity index (χ1) is 16.3. The summed E-state index contributed by atoms with van der Waals surface area (Å²) in [6, 6.07) is 20.5. The molecule has 1 saturated heterocycles. The number of nitrogens with zero attached hydrogens (tertiary/aromatic N) is 1. The molecule has 34 heavy (non-hydrogen) atoms. The highest BCUT2D eigenvalue weighted by Crippen LogP contribution is 2.26. The molecule has 0 radical (unpaired) electrons. The van der Waals surface area contributed by atoms with Gasteiger partial charge in [0.25, 0.3) is 5.91 Å². The van der Waals surface area contributed by atoms with Gasteiger partial charge in [0.15, 0.2) is 0 Å². The van der Waals surface area contributed by atoms with Gasteiger partial charge in [-0.2, -0.15) is 0 Å². The maximum atomic E-state index is 13.2. The molecule has 1 aliphatic heterocycles. The largest absolute Gasteiger partial charge is 0.444 e. The lowest BCUT2D eigenvalue weighted by Gasteiger charge is -2.19. The zero-order valence-electron chi connectivity index (χ0n) is 18.9. The van der Waals surface area contributed by atoms with E-state index < -0.39 is 18.0 Å². The number of anilines is 2. The van der Waals surface area contributed by atoms with Crippen molar-refractivity contribution in [3.05, 3.63) is 95.1 Å². The van der Waals surface area contributed by atoms with Gasteiger partial charge >= 0.3 is 5.97 Å². The topological polar surface area (TPSA) is 92.8 Å². The van der Waals surface area contributed by atoms with E-state index in [1.165, 1.54) is 24.3 Å². The molecule has 1 N–H and O–H groups in total. The third-order valence-electron chi connectivity index (χ3n) is 5.63. The Bertz CT molecular complexity index is 1240. The molecular formula is C27H24N2O5. The summed E-state index contributed by atoms with van der Waals surface area (Å²) in [5.74, 6) is -1.71. The van der Waals surface area contributed by atoms with Gasteiger partial charge in [0.05, 0.1) is 11.3 Å². The van der Waals surface area contributed by atoms with Crippen molar-refractivity contribution < 1.29 is 23.9 Å². The van der Waals surface area contributed by atoms with Crippen molar-refractivity contribution in [3.63, 3.8) is 0 Å². The summed E-state index contributed by atoms with van der Waals surface area (Å²) >= 11 is 0. The minimum Gasteiger partial charge on any atom is -0.444 e. The number of hydrogen-bond donors (Lipinski definition) is 1. The quantitative estimate of drug-likeness (QED) is 0.436. The van der Waals surface area contributed by atoms with E-state index in [1.54, 1.807) is 24.3 Å². The third-order valence-corrected chi connectivity index (χ3v) is 5.63. The van der Waals surface area contributed by atoms with Crippen molar-refractivity contribution in [3.8, 4) is 0 Å². The summed E-state index contributed by atoms with van der Waals surface area (Å²) in [5.41, 5.74) is 3.65. The molecule has 0 aromatic heterocycles. The molecule has 0 aliphatic carbocycles. The Morgan fingerprint density at radius 1 is 0.882 bits per heavy atom. The Morgan fingerprint density at radius 3 is 2.18 bits per heavy atom. The summed E-state index contributed by atoms with van der Waals surface area (Å²) in [4.78, 5) is 51.1. The first-order valence-corrected chi connectivity index (χ1v) is 10.9. The molecular weight excluding hydrogens is 432 g/mol. The van der Waals surface area contributed by atoms with Gasteiger partial charge in [-0.25, -0.2) is 4.79 Å². The number of hydrogen-bond acceptors (Lipinski definition) is 5. The fourth-order valence-corrected chi connectivity index (χ4v) is 3.76. The van der Waals surface area contributed by atoms with Gasteiger partial charge in [0, 0.05) is 24.1 Å². The van der Waals surface area contributed by atoms with Crippen LogP contribution in [0.5, 0.6) is 0 Å². The van der Waals surface area contributed by atoms with E-state index in [0.717, 1.165) is 16.0 Å². The van der Waals surface area contributed by atoms with E-state index in [1.807, 2.05) is 38.1 Å². The predicted octanol–water partition coefficient (Wildman–Crippen LogP) is 4.49. The average molecular weight is 456 g/mol. The van der Waals surface area contributed by atoms with Crippen molar-refractivity contribution in [1.29, 1.82) is 0 Å². The number of rotatable bonds is 6. The lowest BCUT2D eigenvalue weighted by molar-refractivity contribution is -0.125. The van der Waals surface area contributed by atoms with Crippen molar-refractivity contribution in [1.82, 2.24) is 0 Å². The van der Waals surface area contributed by atoms with Crippen LogP contribution in [0.25, 0.3) is 0 Å². The Balaban J connectivity index is 1.55. The van der Waals surface area contributed by atoms with Crippen molar-refractivity contribution in [2.45, 2.75) is 32.8 Å². The highest BCUT2D eigenvalue weighted by molar-refractivity contribution is 6.19. The zero-order valence-corrected chi connectivity index (χ0v) is 18.9. The Morgan fingerprint density at radius 2 is 1.53 bits per heavy atom. The number of carbonyl (C=O) groups is 4. The van der Waals surface area contributed by atoms with Crippen LogP contribution < -0.4 is 10.2 Å². The van der Waals surface area contributed by atoms with E-state index in [4.69, 9.17) is 4.74 Å². The molecule has 0 saturated carbocycles. The Labute approximate surface area is 197 Å². The first-order valence-electron chi connectivity index (χ1n) is 10.9. The highest BCUT2D eigenvalue weighted by atomic mass is 16.5.